The molecule has 0 aromatic heterocycles. The molecule has 0 saturated heterocycles. The number of aryl methyl sites for hydroxylation is 1. The molecule has 9 nitrogen and oxygen atoms in total. The van der Waals surface area contributed by atoms with E-state index in [1.54, 1.807) is 49.4 Å². The van der Waals surface area contributed by atoms with E-state index >= 15 is 0 Å². The molecule has 0 radical (unpaired) electrons. The van der Waals surface area contributed by atoms with Crippen molar-refractivity contribution in [2.24, 2.45) is 0 Å². The highest BCUT2D eigenvalue weighted by Crippen LogP contribution is 2.34. The van der Waals surface area contributed by atoms with Crippen LogP contribution in [0.3, 0.4) is 0 Å². The minimum Gasteiger partial charge on any atom is -0.493 e. The van der Waals surface area contributed by atoms with Crippen molar-refractivity contribution >= 4 is 39.1 Å². The van der Waals surface area contributed by atoms with Crippen LogP contribution < -0.4 is 19.1 Å². The number of halogens is 1. The molecule has 1 atom stereocenters. The summed E-state index contributed by atoms with van der Waals surface area (Å²) in [6.07, 6.45) is 0. The minimum atomic E-state index is -4.21. The molecule has 3 rings (SSSR count). The van der Waals surface area contributed by atoms with Crippen LogP contribution in [0.25, 0.3) is 0 Å². The summed E-state index contributed by atoms with van der Waals surface area (Å²) in [6.45, 7) is 2.89. The summed E-state index contributed by atoms with van der Waals surface area (Å²) in [4.78, 5) is 27.8. The van der Waals surface area contributed by atoms with E-state index in [2.05, 4.69) is 5.32 Å². The largest absolute Gasteiger partial charge is 0.493 e. The molecule has 2 amide bonds. The standard InChI is InChI=1S/C28H32ClN3O6S/c1-19-9-12-24(13-10-19)39(35,36)32(23-11-14-25(37-4)26(16-23)38-5)18-27(33)31(20(2)28(34)30-3)17-21-7-6-8-22(29)15-21/h6-16,20H,17-18H2,1-5H3,(H,30,34). The summed E-state index contributed by atoms with van der Waals surface area (Å²) >= 11 is 6.14. The fraction of sp³-hybridized carbons (Fsp3) is 0.286. The summed E-state index contributed by atoms with van der Waals surface area (Å²) in [5.41, 5.74) is 1.76. The molecule has 0 aliphatic rings. The number of likely N-dealkylation sites (N-methyl/N-ethyl adjacent to an activating group) is 1. The molecule has 0 spiro atoms. The Morgan fingerprint density at radius 3 is 2.23 bits per heavy atom. The Morgan fingerprint density at radius 1 is 0.974 bits per heavy atom. The lowest BCUT2D eigenvalue weighted by Crippen LogP contribution is -2.50. The second kappa shape index (κ2) is 12.9. The number of anilines is 1. The third-order valence-electron chi connectivity index (χ3n) is 6.20. The smallest absolute Gasteiger partial charge is 0.264 e. The second-order valence-electron chi connectivity index (χ2n) is 8.81. The van der Waals surface area contributed by atoms with E-state index in [0.717, 1.165) is 9.87 Å². The van der Waals surface area contributed by atoms with Crippen LogP contribution in [0, 0.1) is 6.92 Å². The first-order valence-electron chi connectivity index (χ1n) is 12.1. The number of hydrogen-bond acceptors (Lipinski definition) is 6. The molecule has 3 aromatic carbocycles. The van der Waals surface area contributed by atoms with E-state index in [1.165, 1.54) is 50.4 Å². The van der Waals surface area contributed by atoms with Crippen molar-refractivity contribution in [1.82, 2.24) is 10.2 Å². The Bertz CT molecular complexity index is 1430. The van der Waals surface area contributed by atoms with Gasteiger partial charge in [0.15, 0.2) is 11.5 Å². The Labute approximate surface area is 234 Å². The number of sulfonamides is 1. The number of carbonyl (C=O) groups is 2. The van der Waals surface area contributed by atoms with Crippen LogP contribution in [0.4, 0.5) is 5.69 Å². The number of hydrogen-bond donors (Lipinski definition) is 1. The van der Waals surface area contributed by atoms with Gasteiger partial charge >= 0.3 is 0 Å². The first kappa shape index (κ1) is 29.8. The third-order valence-corrected chi connectivity index (χ3v) is 8.22. The zero-order chi connectivity index (χ0) is 28.7. The van der Waals surface area contributed by atoms with Gasteiger partial charge in [-0.15, -0.1) is 0 Å². The normalized spacial score (nSPS) is 11.8. The summed E-state index contributed by atoms with van der Waals surface area (Å²) in [7, 11) is 0.165. The SMILES string of the molecule is CNC(=O)C(C)N(Cc1cccc(Cl)c1)C(=O)CN(c1ccc(OC)c(OC)c1)S(=O)(=O)c1ccc(C)cc1. The Morgan fingerprint density at radius 2 is 1.64 bits per heavy atom. The molecule has 0 saturated carbocycles. The van der Waals surface area contributed by atoms with Crippen molar-refractivity contribution in [2.45, 2.75) is 31.3 Å². The first-order valence-corrected chi connectivity index (χ1v) is 13.9. The van der Waals surface area contributed by atoms with Gasteiger partial charge in [-0.25, -0.2) is 8.42 Å². The highest BCUT2D eigenvalue weighted by atomic mass is 35.5. The predicted octanol–water partition coefficient (Wildman–Crippen LogP) is 4.02. The molecule has 1 unspecified atom stereocenters. The molecular weight excluding hydrogens is 542 g/mol. The lowest BCUT2D eigenvalue weighted by atomic mass is 10.1. The summed E-state index contributed by atoms with van der Waals surface area (Å²) in [6, 6.07) is 16.9. The minimum absolute atomic E-state index is 0.0106. The zero-order valence-corrected chi connectivity index (χ0v) is 24.0. The van der Waals surface area contributed by atoms with Gasteiger partial charge in [0.25, 0.3) is 10.0 Å². The summed E-state index contributed by atoms with van der Waals surface area (Å²) in [5.74, 6) is -0.293. The predicted molar refractivity (Wildman–Crippen MR) is 151 cm³/mol. The first-order chi connectivity index (χ1) is 18.5. The molecule has 0 heterocycles. The monoisotopic (exact) mass is 573 g/mol. The maximum Gasteiger partial charge on any atom is 0.264 e. The molecule has 11 heteroatoms. The van der Waals surface area contributed by atoms with E-state index in [4.69, 9.17) is 21.1 Å². The van der Waals surface area contributed by atoms with Crippen molar-refractivity contribution in [1.29, 1.82) is 0 Å². The van der Waals surface area contributed by atoms with Crippen LogP contribution in [0.2, 0.25) is 5.02 Å². The topological polar surface area (TPSA) is 105 Å². The molecule has 0 aliphatic carbocycles. The van der Waals surface area contributed by atoms with Gasteiger partial charge in [-0.3, -0.25) is 13.9 Å². The Balaban J connectivity index is 2.09. The van der Waals surface area contributed by atoms with E-state index in [1.807, 2.05) is 6.92 Å². The average Bonchev–Trinajstić information content (AvgIpc) is 2.93. The van der Waals surface area contributed by atoms with Crippen LogP contribution in [0.1, 0.15) is 18.1 Å². The fourth-order valence-corrected chi connectivity index (χ4v) is 5.59. The Kier molecular flexibility index (Phi) is 9.82. The van der Waals surface area contributed by atoms with Gasteiger partial charge < -0.3 is 19.7 Å². The number of nitrogens with zero attached hydrogens (tertiary/aromatic N) is 2. The fourth-order valence-electron chi connectivity index (χ4n) is 3.97. The number of carbonyl (C=O) groups excluding carboxylic acids is 2. The highest BCUT2D eigenvalue weighted by Gasteiger charge is 2.32. The number of benzene rings is 3. The van der Waals surface area contributed by atoms with Crippen LogP contribution in [-0.4, -0.2) is 59.0 Å². The van der Waals surface area contributed by atoms with Crippen molar-refractivity contribution < 1.29 is 27.5 Å². The van der Waals surface area contributed by atoms with E-state index in [9.17, 15) is 18.0 Å². The molecule has 0 bridgehead atoms. The van der Waals surface area contributed by atoms with Gasteiger partial charge in [0.1, 0.15) is 12.6 Å². The van der Waals surface area contributed by atoms with Gasteiger partial charge in [-0.2, -0.15) is 0 Å². The van der Waals surface area contributed by atoms with Crippen molar-refractivity contribution in [3.8, 4) is 11.5 Å². The lowest BCUT2D eigenvalue weighted by molar-refractivity contribution is -0.139. The van der Waals surface area contributed by atoms with Gasteiger partial charge in [-0.05, 0) is 55.8 Å². The van der Waals surface area contributed by atoms with E-state index in [-0.39, 0.29) is 17.1 Å². The van der Waals surface area contributed by atoms with Crippen LogP contribution in [-0.2, 0) is 26.2 Å². The number of nitrogens with one attached hydrogen (secondary N) is 1. The lowest BCUT2D eigenvalue weighted by Gasteiger charge is -2.32. The van der Waals surface area contributed by atoms with Crippen LogP contribution in [0.5, 0.6) is 11.5 Å². The van der Waals surface area contributed by atoms with Gasteiger partial charge in [0.2, 0.25) is 11.8 Å². The highest BCUT2D eigenvalue weighted by molar-refractivity contribution is 7.92. The molecule has 39 heavy (non-hydrogen) atoms. The maximum atomic E-state index is 13.9. The Hall–Kier alpha value is -3.76. The number of methoxy groups -OCH3 is 2. The summed E-state index contributed by atoms with van der Waals surface area (Å²) < 4.78 is 39.5. The van der Waals surface area contributed by atoms with Crippen molar-refractivity contribution in [2.75, 3.05) is 32.1 Å². The van der Waals surface area contributed by atoms with Gasteiger partial charge in [0.05, 0.1) is 24.8 Å². The average molecular weight is 574 g/mol. The number of ether oxygens (including phenoxy) is 2. The molecule has 208 valence electrons. The zero-order valence-electron chi connectivity index (χ0n) is 22.5. The number of amides is 2. The van der Waals surface area contributed by atoms with Crippen molar-refractivity contribution in [3.05, 3.63) is 82.9 Å². The molecule has 0 aliphatic heterocycles. The maximum absolute atomic E-state index is 13.9. The van der Waals surface area contributed by atoms with Crippen molar-refractivity contribution in [3.63, 3.8) is 0 Å². The molecule has 0 fully saturated rings. The number of rotatable bonds is 11. The van der Waals surface area contributed by atoms with E-state index < -0.39 is 34.4 Å². The molecule has 1 N–H and O–H groups in total. The van der Waals surface area contributed by atoms with Gasteiger partial charge in [-0.1, -0.05) is 41.4 Å². The molecule has 3 aromatic rings. The quantitative estimate of drug-likeness (QED) is 0.371. The summed E-state index contributed by atoms with van der Waals surface area (Å²) in [5, 5.41) is 3.02. The second-order valence-corrected chi connectivity index (χ2v) is 11.1. The van der Waals surface area contributed by atoms with Crippen LogP contribution >= 0.6 is 11.6 Å². The third kappa shape index (κ3) is 7.01. The van der Waals surface area contributed by atoms with Crippen LogP contribution in [0.15, 0.2) is 71.6 Å². The van der Waals surface area contributed by atoms with Gasteiger partial charge in [0, 0.05) is 24.7 Å². The van der Waals surface area contributed by atoms with E-state index in [0.29, 0.717) is 22.1 Å². The molecular formula is C28H32ClN3O6S.